The minimum absolute atomic E-state index is 0.960. The van der Waals surface area contributed by atoms with Gasteiger partial charge in [-0.3, -0.25) is 0 Å². The Hall–Kier alpha value is -1.63. The van der Waals surface area contributed by atoms with Crippen LogP contribution in [0.3, 0.4) is 0 Å². The summed E-state index contributed by atoms with van der Waals surface area (Å²) in [5.74, 6) is 2.07. The van der Waals surface area contributed by atoms with Gasteiger partial charge in [-0.15, -0.1) is 10.2 Å². The average Bonchev–Trinajstić information content (AvgIpc) is 3.27. The Balaban J connectivity index is 1.32. The first-order chi connectivity index (χ1) is 12.3. The molecule has 3 nitrogen and oxygen atoms in total. The van der Waals surface area contributed by atoms with Crippen LogP contribution in [0.1, 0.15) is 10.6 Å². The summed E-state index contributed by atoms with van der Waals surface area (Å²) in [6.07, 6.45) is 3.08. The molecule has 0 saturated heterocycles. The number of hydrogen-bond acceptors (Lipinski definition) is 4. The molecule has 0 aliphatic rings. The number of aromatic amines is 1. The van der Waals surface area contributed by atoms with E-state index < -0.39 is 0 Å². The minimum Gasteiger partial charge on any atom is -0.361 e. The molecule has 0 saturated carbocycles. The molecule has 2 heterocycles. The smallest absolute Gasteiger partial charge is 0.147 e. The van der Waals surface area contributed by atoms with Gasteiger partial charge in [0.2, 0.25) is 0 Å². The van der Waals surface area contributed by atoms with Crippen molar-refractivity contribution < 1.29 is 0 Å². The van der Waals surface area contributed by atoms with Crippen LogP contribution in [0.5, 0.6) is 0 Å². The van der Waals surface area contributed by atoms with Gasteiger partial charge in [0.15, 0.2) is 0 Å². The molecule has 4 rings (SSSR count). The summed E-state index contributed by atoms with van der Waals surface area (Å²) < 4.78 is 1.08. The molecular formula is C19H16BrN3S2. The van der Waals surface area contributed by atoms with Crippen LogP contribution in [-0.4, -0.2) is 20.9 Å². The van der Waals surface area contributed by atoms with Crippen molar-refractivity contribution in [1.29, 1.82) is 0 Å². The Morgan fingerprint density at radius 3 is 2.76 bits per heavy atom. The molecule has 0 radical (unpaired) electrons. The van der Waals surface area contributed by atoms with E-state index in [9.17, 15) is 0 Å². The third kappa shape index (κ3) is 3.97. The molecule has 0 spiro atoms. The fraction of sp³-hybridized carbons (Fsp3) is 0.158. The molecule has 0 unspecified atom stereocenters. The zero-order chi connectivity index (χ0) is 17.1. The van der Waals surface area contributed by atoms with Gasteiger partial charge in [0.25, 0.3) is 0 Å². The minimum atomic E-state index is 0.960. The number of para-hydroxylation sites is 1. The van der Waals surface area contributed by atoms with Gasteiger partial charge in [0.05, 0.1) is 0 Å². The molecule has 0 fully saturated rings. The van der Waals surface area contributed by atoms with Gasteiger partial charge in [0.1, 0.15) is 10.0 Å². The Morgan fingerprint density at radius 1 is 1.04 bits per heavy atom. The molecule has 126 valence electrons. The maximum atomic E-state index is 4.34. The number of aryl methyl sites for hydroxylation is 1. The van der Waals surface area contributed by atoms with Crippen molar-refractivity contribution in [2.75, 3.05) is 5.75 Å². The van der Waals surface area contributed by atoms with Crippen LogP contribution in [0.2, 0.25) is 0 Å². The zero-order valence-corrected chi connectivity index (χ0v) is 16.6. The highest BCUT2D eigenvalue weighted by Gasteiger charge is 2.07. The number of hydrogen-bond donors (Lipinski definition) is 1. The number of fused-ring (bicyclic) bond motifs is 1. The molecule has 1 N–H and O–H groups in total. The largest absolute Gasteiger partial charge is 0.361 e. The van der Waals surface area contributed by atoms with E-state index in [0.717, 1.165) is 38.0 Å². The number of thioether (sulfide) groups is 1. The first kappa shape index (κ1) is 16.8. The maximum absolute atomic E-state index is 4.34. The van der Waals surface area contributed by atoms with E-state index in [1.54, 1.807) is 11.3 Å². The standard InChI is InChI=1S/C19H16BrN3S2/c20-15-7-5-13(6-8-15)19-23-22-18(25-19)9-10-24-12-14-11-21-17-4-2-1-3-16(14)17/h1-8,11,21H,9-10,12H2. The van der Waals surface area contributed by atoms with Crippen molar-refractivity contribution in [2.24, 2.45) is 0 Å². The predicted molar refractivity (Wildman–Crippen MR) is 111 cm³/mol. The summed E-state index contributed by atoms with van der Waals surface area (Å²) in [6.45, 7) is 0. The molecule has 0 atom stereocenters. The van der Waals surface area contributed by atoms with Crippen molar-refractivity contribution in [3.05, 3.63) is 69.8 Å². The number of halogens is 1. The van der Waals surface area contributed by atoms with Crippen molar-refractivity contribution in [1.82, 2.24) is 15.2 Å². The van der Waals surface area contributed by atoms with E-state index >= 15 is 0 Å². The highest BCUT2D eigenvalue weighted by atomic mass is 79.9. The predicted octanol–water partition coefficient (Wildman–Crippen LogP) is 5.92. The van der Waals surface area contributed by atoms with Crippen LogP contribution in [0, 0.1) is 0 Å². The lowest BCUT2D eigenvalue weighted by molar-refractivity contribution is 0.992. The number of nitrogens with one attached hydrogen (secondary N) is 1. The fourth-order valence-electron chi connectivity index (χ4n) is 2.66. The van der Waals surface area contributed by atoms with Crippen LogP contribution in [-0.2, 0) is 12.2 Å². The molecular weight excluding hydrogens is 414 g/mol. The van der Waals surface area contributed by atoms with E-state index in [1.807, 2.05) is 23.9 Å². The Labute approximate surface area is 163 Å². The fourth-order valence-corrected chi connectivity index (χ4v) is 4.84. The number of H-pyrrole nitrogens is 1. The molecule has 6 heteroatoms. The molecule has 25 heavy (non-hydrogen) atoms. The topological polar surface area (TPSA) is 41.6 Å². The van der Waals surface area contributed by atoms with Gasteiger partial charge < -0.3 is 4.98 Å². The zero-order valence-electron chi connectivity index (χ0n) is 13.4. The van der Waals surface area contributed by atoms with Crippen LogP contribution >= 0.6 is 39.0 Å². The van der Waals surface area contributed by atoms with Crippen molar-refractivity contribution >= 4 is 49.9 Å². The van der Waals surface area contributed by atoms with E-state index in [2.05, 4.69) is 73.7 Å². The molecule has 0 bridgehead atoms. The van der Waals surface area contributed by atoms with E-state index in [4.69, 9.17) is 0 Å². The SMILES string of the molecule is Brc1ccc(-c2nnc(CCSCc3c[nH]c4ccccc34)s2)cc1. The average molecular weight is 430 g/mol. The lowest BCUT2D eigenvalue weighted by atomic mass is 10.2. The Bertz CT molecular complexity index is 976. The van der Waals surface area contributed by atoms with Crippen molar-refractivity contribution in [3.8, 4) is 10.6 Å². The summed E-state index contributed by atoms with van der Waals surface area (Å²) in [5.41, 5.74) is 3.70. The van der Waals surface area contributed by atoms with Crippen LogP contribution in [0.15, 0.2) is 59.2 Å². The quantitative estimate of drug-likeness (QED) is 0.386. The highest BCUT2D eigenvalue weighted by molar-refractivity contribution is 9.10. The number of aromatic nitrogens is 3. The number of benzene rings is 2. The maximum Gasteiger partial charge on any atom is 0.147 e. The summed E-state index contributed by atoms with van der Waals surface area (Å²) in [6, 6.07) is 16.7. The summed E-state index contributed by atoms with van der Waals surface area (Å²) >= 11 is 7.08. The molecule has 0 amide bonds. The highest BCUT2D eigenvalue weighted by Crippen LogP contribution is 2.27. The number of rotatable bonds is 6. The van der Waals surface area contributed by atoms with E-state index in [0.29, 0.717) is 0 Å². The van der Waals surface area contributed by atoms with Crippen molar-refractivity contribution in [3.63, 3.8) is 0 Å². The van der Waals surface area contributed by atoms with E-state index in [-0.39, 0.29) is 0 Å². The normalized spacial score (nSPS) is 11.2. The Morgan fingerprint density at radius 2 is 1.88 bits per heavy atom. The van der Waals surface area contributed by atoms with E-state index in [1.165, 1.54) is 16.5 Å². The number of nitrogens with zero attached hydrogens (tertiary/aromatic N) is 2. The lowest BCUT2D eigenvalue weighted by Gasteiger charge is -1.99. The van der Waals surface area contributed by atoms with Gasteiger partial charge >= 0.3 is 0 Å². The molecule has 2 aromatic carbocycles. The van der Waals surface area contributed by atoms with Crippen molar-refractivity contribution in [2.45, 2.75) is 12.2 Å². The van der Waals surface area contributed by atoms with Crippen LogP contribution in [0.25, 0.3) is 21.5 Å². The summed E-state index contributed by atoms with van der Waals surface area (Å²) in [7, 11) is 0. The monoisotopic (exact) mass is 429 g/mol. The first-order valence-electron chi connectivity index (χ1n) is 8.00. The molecule has 0 aliphatic heterocycles. The third-order valence-electron chi connectivity index (χ3n) is 3.95. The van der Waals surface area contributed by atoms with Gasteiger partial charge in [-0.2, -0.15) is 11.8 Å². The molecule has 4 aromatic rings. The summed E-state index contributed by atoms with van der Waals surface area (Å²) in [5, 5.41) is 12.1. The first-order valence-corrected chi connectivity index (χ1v) is 10.8. The summed E-state index contributed by atoms with van der Waals surface area (Å²) in [4.78, 5) is 3.34. The van der Waals surface area contributed by atoms with Gasteiger partial charge in [-0.05, 0) is 23.8 Å². The third-order valence-corrected chi connectivity index (χ3v) is 6.52. The molecule has 2 aromatic heterocycles. The second-order valence-corrected chi connectivity index (χ2v) is 8.75. The van der Waals surface area contributed by atoms with Crippen LogP contribution in [0.4, 0.5) is 0 Å². The van der Waals surface area contributed by atoms with Crippen LogP contribution < -0.4 is 0 Å². The van der Waals surface area contributed by atoms with Gasteiger partial charge in [-0.25, -0.2) is 0 Å². The second-order valence-electron chi connectivity index (χ2n) is 5.67. The Kier molecular flexibility index (Phi) is 5.20. The molecule has 0 aliphatic carbocycles. The van der Waals surface area contributed by atoms with Gasteiger partial charge in [-0.1, -0.05) is 57.6 Å². The van der Waals surface area contributed by atoms with Gasteiger partial charge in [0, 0.05) is 45.1 Å². The lowest BCUT2D eigenvalue weighted by Crippen LogP contribution is -1.88. The second kappa shape index (κ2) is 7.72.